The van der Waals surface area contributed by atoms with Crippen LogP contribution in [-0.2, 0) is 9.47 Å². The van der Waals surface area contributed by atoms with Crippen molar-refractivity contribution >= 4 is 6.01 Å². The summed E-state index contributed by atoms with van der Waals surface area (Å²) in [5.74, 6) is 0.623. The van der Waals surface area contributed by atoms with Gasteiger partial charge in [-0.05, 0) is 6.92 Å². The van der Waals surface area contributed by atoms with Gasteiger partial charge in [-0.1, -0.05) is 35.0 Å². The second-order valence-electron chi connectivity index (χ2n) is 6.02. The third-order valence-electron chi connectivity index (χ3n) is 4.31. The molecular formula is C16H19N3O3. The topological polar surface area (TPSA) is 60.6 Å². The molecule has 1 spiro atoms. The van der Waals surface area contributed by atoms with Crippen LogP contribution in [0.4, 0.5) is 6.01 Å². The summed E-state index contributed by atoms with van der Waals surface area (Å²) in [5, 5.41) is 4.11. The highest BCUT2D eigenvalue weighted by Gasteiger charge is 2.41. The second kappa shape index (κ2) is 5.37. The Labute approximate surface area is 129 Å². The number of nitrogens with zero attached hydrogens (tertiary/aromatic N) is 3. The lowest BCUT2D eigenvalue weighted by molar-refractivity contribution is -0.0591. The minimum Gasteiger partial charge on any atom is -0.378 e. The van der Waals surface area contributed by atoms with E-state index in [1.807, 2.05) is 24.3 Å². The smallest absolute Gasteiger partial charge is 0.324 e. The molecule has 6 nitrogen and oxygen atoms in total. The molecule has 3 heterocycles. The number of morpholine rings is 1. The Hall–Kier alpha value is -1.92. The van der Waals surface area contributed by atoms with Crippen LogP contribution < -0.4 is 4.90 Å². The van der Waals surface area contributed by atoms with Crippen molar-refractivity contribution in [2.75, 3.05) is 37.8 Å². The number of aromatic nitrogens is 2. The number of anilines is 1. The predicted octanol–water partition coefficient (Wildman–Crippen LogP) is 2.04. The van der Waals surface area contributed by atoms with E-state index in [1.54, 1.807) is 0 Å². The highest BCUT2D eigenvalue weighted by atomic mass is 16.6. The Balaban J connectivity index is 1.54. The van der Waals surface area contributed by atoms with E-state index in [-0.39, 0.29) is 5.60 Å². The normalized spacial score (nSPS) is 25.0. The maximum atomic E-state index is 5.93. The molecule has 1 aromatic heterocycles. The van der Waals surface area contributed by atoms with Crippen LogP contribution >= 0.6 is 0 Å². The minimum atomic E-state index is -0.212. The number of hydrogen-bond donors (Lipinski definition) is 0. The maximum absolute atomic E-state index is 5.93. The van der Waals surface area contributed by atoms with Crippen molar-refractivity contribution in [3.63, 3.8) is 0 Å². The van der Waals surface area contributed by atoms with Crippen LogP contribution in [0.15, 0.2) is 28.8 Å². The second-order valence-corrected chi connectivity index (χ2v) is 6.02. The molecule has 6 heteroatoms. The van der Waals surface area contributed by atoms with Gasteiger partial charge in [0.1, 0.15) is 5.60 Å². The summed E-state index contributed by atoms with van der Waals surface area (Å²) in [6.07, 6.45) is 0.919. The fourth-order valence-electron chi connectivity index (χ4n) is 3.00. The molecule has 2 aliphatic heterocycles. The quantitative estimate of drug-likeness (QED) is 0.846. The molecule has 0 amide bonds. The van der Waals surface area contributed by atoms with Gasteiger partial charge in [0.2, 0.25) is 5.82 Å². The molecule has 0 N–H and O–H groups in total. The summed E-state index contributed by atoms with van der Waals surface area (Å²) >= 11 is 0. The van der Waals surface area contributed by atoms with Gasteiger partial charge in [-0.25, -0.2) is 0 Å². The summed E-state index contributed by atoms with van der Waals surface area (Å²) in [5.41, 5.74) is 1.97. The molecule has 0 radical (unpaired) electrons. The van der Waals surface area contributed by atoms with Crippen molar-refractivity contribution in [3.05, 3.63) is 29.8 Å². The lowest BCUT2D eigenvalue weighted by atomic mass is 10.0. The van der Waals surface area contributed by atoms with Gasteiger partial charge in [0, 0.05) is 25.1 Å². The van der Waals surface area contributed by atoms with E-state index in [4.69, 9.17) is 14.0 Å². The molecule has 2 aromatic rings. The Morgan fingerprint density at radius 2 is 2.05 bits per heavy atom. The summed E-state index contributed by atoms with van der Waals surface area (Å²) in [7, 11) is 0. The predicted molar refractivity (Wildman–Crippen MR) is 80.8 cm³/mol. The molecule has 22 heavy (non-hydrogen) atoms. The fourth-order valence-corrected chi connectivity index (χ4v) is 3.00. The van der Waals surface area contributed by atoms with Crippen molar-refractivity contribution < 1.29 is 14.0 Å². The Kier molecular flexibility index (Phi) is 3.35. The van der Waals surface area contributed by atoms with Gasteiger partial charge in [-0.3, -0.25) is 0 Å². The van der Waals surface area contributed by atoms with Gasteiger partial charge in [0.15, 0.2) is 0 Å². The van der Waals surface area contributed by atoms with Crippen molar-refractivity contribution in [2.45, 2.75) is 18.9 Å². The van der Waals surface area contributed by atoms with Gasteiger partial charge in [-0.2, -0.15) is 4.98 Å². The standard InChI is InChI=1S/C16H19N3O3/c1-12-2-4-13(5-3-12)14-17-15(22-18-14)19-7-9-21-16(10-19)6-8-20-11-16/h2-5H,6-11H2,1H3. The number of benzene rings is 1. The van der Waals surface area contributed by atoms with Crippen LogP contribution in [-0.4, -0.2) is 48.7 Å². The first kappa shape index (κ1) is 13.7. The summed E-state index contributed by atoms with van der Waals surface area (Å²) in [4.78, 5) is 6.64. The first-order valence-corrected chi connectivity index (χ1v) is 7.62. The lowest BCUT2D eigenvalue weighted by Gasteiger charge is -2.38. The molecule has 2 saturated heterocycles. The molecule has 1 aromatic carbocycles. The molecule has 0 aliphatic carbocycles. The van der Waals surface area contributed by atoms with Crippen molar-refractivity contribution in [1.29, 1.82) is 0 Å². The van der Waals surface area contributed by atoms with Crippen LogP contribution in [0.2, 0.25) is 0 Å². The largest absolute Gasteiger partial charge is 0.378 e. The molecule has 2 aliphatic rings. The van der Waals surface area contributed by atoms with E-state index in [9.17, 15) is 0 Å². The molecule has 0 saturated carbocycles. The first-order valence-electron chi connectivity index (χ1n) is 7.62. The highest BCUT2D eigenvalue weighted by molar-refractivity contribution is 5.56. The molecule has 1 atom stereocenters. The number of rotatable bonds is 2. The van der Waals surface area contributed by atoms with Gasteiger partial charge in [-0.15, -0.1) is 0 Å². The monoisotopic (exact) mass is 301 g/mol. The molecular weight excluding hydrogens is 282 g/mol. The van der Waals surface area contributed by atoms with Crippen molar-refractivity contribution in [3.8, 4) is 11.4 Å². The average Bonchev–Trinajstić information content (AvgIpc) is 3.18. The Morgan fingerprint density at radius 3 is 2.82 bits per heavy atom. The fraction of sp³-hybridized carbons (Fsp3) is 0.500. The van der Waals surface area contributed by atoms with Crippen molar-refractivity contribution in [1.82, 2.24) is 10.1 Å². The minimum absolute atomic E-state index is 0.212. The van der Waals surface area contributed by atoms with Crippen LogP contribution in [0.25, 0.3) is 11.4 Å². The van der Waals surface area contributed by atoms with E-state index < -0.39 is 0 Å². The number of ether oxygens (including phenoxy) is 2. The summed E-state index contributed by atoms with van der Waals surface area (Å²) < 4.78 is 16.9. The SMILES string of the molecule is Cc1ccc(-c2noc(N3CCOC4(CCOC4)C3)n2)cc1. The number of aryl methyl sites for hydroxylation is 1. The molecule has 0 bridgehead atoms. The van der Waals surface area contributed by atoms with Crippen LogP contribution in [0.5, 0.6) is 0 Å². The Morgan fingerprint density at radius 1 is 1.18 bits per heavy atom. The third-order valence-corrected chi connectivity index (χ3v) is 4.31. The van der Waals surface area contributed by atoms with E-state index >= 15 is 0 Å². The zero-order chi connectivity index (χ0) is 15.0. The maximum Gasteiger partial charge on any atom is 0.324 e. The summed E-state index contributed by atoms with van der Waals surface area (Å²) in [6.45, 7) is 5.61. The van der Waals surface area contributed by atoms with Gasteiger partial charge >= 0.3 is 6.01 Å². The van der Waals surface area contributed by atoms with Crippen molar-refractivity contribution in [2.24, 2.45) is 0 Å². The lowest BCUT2D eigenvalue weighted by Crippen LogP contribution is -2.52. The van der Waals surface area contributed by atoms with Gasteiger partial charge in [0.05, 0.1) is 19.8 Å². The van der Waals surface area contributed by atoms with E-state index in [1.165, 1.54) is 5.56 Å². The highest BCUT2D eigenvalue weighted by Crippen LogP contribution is 2.30. The molecule has 116 valence electrons. The van der Waals surface area contributed by atoms with Gasteiger partial charge in [0.25, 0.3) is 0 Å². The zero-order valence-electron chi connectivity index (χ0n) is 12.6. The third kappa shape index (κ3) is 2.48. The number of hydrogen-bond acceptors (Lipinski definition) is 6. The van der Waals surface area contributed by atoms with Crippen LogP contribution in [0, 0.1) is 6.92 Å². The molecule has 1 unspecified atom stereocenters. The van der Waals surface area contributed by atoms with E-state index in [0.29, 0.717) is 25.1 Å². The molecule has 4 rings (SSSR count). The van der Waals surface area contributed by atoms with E-state index in [0.717, 1.165) is 31.7 Å². The van der Waals surface area contributed by atoms with E-state index in [2.05, 4.69) is 22.0 Å². The summed E-state index contributed by atoms with van der Waals surface area (Å²) in [6, 6.07) is 8.67. The zero-order valence-corrected chi connectivity index (χ0v) is 12.6. The Bertz CT molecular complexity index is 647. The first-order chi connectivity index (χ1) is 10.7. The average molecular weight is 301 g/mol. The molecule has 2 fully saturated rings. The van der Waals surface area contributed by atoms with Gasteiger partial charge < -0.3 is 18.9 Å². The van der Waals surface area contributed by atoms with Crippen LogP contribution in [0.3, 0.4) is 0 Å². The van der Waals surface area contributed by atoms with Crippen LogP contribution in [0.1, 0.15) is 12.0 Å².